The topological polar surface area (TPSA) is 59.1 Å². The lowest BCUT2D eigenvalue weighted by molar-refractivity contribution is 0.417. The molecule has 1 fully saturated rings. The number of aliphatic hydroxyl groups excluding tert-OH is 1. The van der Waals surface area contributed by atoms with Crippen molar-refractivity contribution in [1.29, 1.82) is 0 Å². The summed E-state index contributed by atoms with van der Waals surface area (Å²) in [6.45, 7) is 5.20. The molecule has 1 aromatic rings. The van der Waals surface area contributed by atoms with E-state index in [0.717, 1.165) is 11.6 Å². The van der Waals surface area contributed by atoms with E-state index in [-0.39, 0.29) is 5.76 Å². The zero-order chi connectivity index (χ0) is 11.3. The average Bonchev–Trinajstić information content (AvgIpc) is 3.00. The Morgan fingerprint density at radius 1 is 1.67 bits per heavy atom. The van der Waals surface area contributed by atoms with Gasteiger partial charge in [-0.3, -0.25) is 4.98 Å². The molecule has 1 aromatic heterocycles. The maximum Gasteiger partial charge on any atom is 0.0820 e. The van der Waals surface area contributed by atoms with E-state index in [1.165, 1.54) is 25.3 Å². The summed E-state index contributed by atoms with van der Waals surface area (Å²) < 4.78 is 0. The highest BCUT2D eigenvalue weighted by Gasteiger charge is 2.23. The molecule has 1 heterocycles. The maximum atomic E-state index is 7.86. The molecule has 82 valence electrons. The number of pyridine rings is 1. The van der Waals surface area contributed by atoms with Gasteiger partial charge in [-0.05, 0) is 43.4 Å². The number of aliphatic hydroxyl groups is 1. The Labute approximate surface area is 90.7 Å². The summed E-state index contributed by atoms with van der Waals surface area (Å²) in [5.74, 6) is 0.975. The third-order valence-electron chi connectivity index (χ3n) is 2.10. The van der Waals surface area contributed by atoms with Gasteiger partial charge in [0.1, 0.15) is 0 Å². The number of hydrogen-bond donors (Lipinski definition) is 2. The second-order valence-corrected chi connectivity index (χ2v) is 3.79. The van der Waals surface area contributed by atoms with Crippen LogP contribution in [0.1, 0.15) is 36.9 Å². The summed E-state index contributed by atoms with van der Waals surface area (Å²) in [6, 6.07) is 4.22. The van der Waals surface area contributed by atoms with Crippen molar-refractivity contribution < 1.29 is 5.11 Å². The Hall–Kier alpha value is -1.35. The summed E-state index contributed by atoms with van der Waals surface area (Å²) in [5, 5.41) is 7.86. The minimum absolute atomic E-state index is 0.167. The number of allylic oxidation sites excluding steroid dienone is 1. The normalized spacial score (nSPS) is 14.0. The van der Waals surface area contributed by atoms with Gasteiger partial charge in [0.25, 0.3) is 0 Å². The van der Waals surface area contributed by atoms with E-state index in [9.17, 15) is 0 Å². The van der Waals surface area contributed by atoms with E-state index in [2.05, 4.69) is 23.7 Å². The molecule has 0 amide bonds. The van der Waals surface area contributed by atoms with E-state index in [4.69, 9.17) is 10.8 Å². The zero-order valence-electron chi connectivity index (χ0n) is 9.11. The van der Waals surface area contributed by atoms with Crippen molar-refractivity contribution in [3.63, 3.8) is 0 Å². The molecule has 3 nitrogen and oxygen atoms in total. The lowest BCUT2D eigenvalue weighted by atomic mass is 10.1. The molecular formula is C12H18N2O. The standard InChI is InChI=1S/C9H12N2.C3H6O/c10-6-9-5-8(3-4-11-9)7-1-2-7;1-3(2)4/h3-5,7H,1-2,6,10H2;4H,1H2,2H3. The maximum absolute atomic E-state index is 7.86. The quantitative estimate of drug-likeness (QED) is 0.731. The Kier molecular flexibility index (Phi) is 4.31. The third kappa shape index (κ3) is 4.61. The monoisotopic (exact) mass is 206 g/mol. The average molecular weight is 206 g/mol. The number of nitrogens with two attached hydrogens (primary N) is 1. The number of rotatable bonds is 2. The van der Waals surface area contributed by atoms with Gasteiger partial charge >= 0.3 is 0 Å². The summed E-state index contributed by atoms with van der Waals surface area (Å²) in [5.41, 5.74) is 7.90. The van der Waals surface area contributed by atoms with Gasteiger partial charge in [0.05, 0.1) is 11.5 Å². The number of nitrogens with zero attached hydrogens (tertiary/aromatic N) is 1. The van der Waals surface area contributed by atoms with Crippen molar-refractivity contribution in [1.82, 2.24) is 4.98 Å². The van der Waals surface area contributed by atoms with Crippen LogP contribution in [-0.2, 0) is 6.54 Å². The minimum Gasteiger partial charge on any atom is -0.513 e. The fourth-order valence-electron chi connectivity index (χ4n) is 1.28. The molecule has 1 saturated carbocycles. The van der Waals surface area contributed by atoms with Crippen molar-refractivity contribution >= 4 is 0 Å². The Bertz CT molecular complexity index is 328. The molecule has 1 aliphatic carbocycles. The van der Waals surface area contributed by atoms with E-state index in [0.29, 0.717) is 6.54 Å². The molecule has 0 atom stereocenters. The molecule has 0 aliphatic heterocycles. The highest BCUT2D eigenvalue weighted by Crippen LogP contribution is 2.39. The van der Waals surface area contributed by atoms with Gasteiger partial charge < -0.3 is 10.8 Å². The van der Waals surface area contributed by atoms with Crippen LogP contribution in [0.4, 0.5) is 0 Å². The van der Waals surface area contributed by atoms with E-state index >= 15 is 0 Å². The van der Waals surface area contributed by atoms with Gasteiger partial charge in [-0.15, -0.1) is 0 Å². The lowest BCUT2D eigenvalue weighted by Gasteiger charge is -1.99. The van der Waals surface area contributed by atoms with Crippen LogP contribution in [0.15, 0.2) is 30.7 Å². The van der Waals surface area contributed by atoms with Crippen LogP contribution in [-0.4, -0.2) is 10.1 Å². The van der Waals surface area contributed by atoms with Crippen LogP contribution >= 0.6 is 0 Å². The van der Waals surface area contributed by atoms with Crippen molar-refractivity contribution in [2.24, 2.45) is 5.73 Å². The Morgan fingerprint density at radius 2 is 2.27 bits per heavy atom. The first-order valence-electron chi connectivity index (χ1n) is 5.13. The fourth-order valence-corrected chi connectivity index (χ4v) is 1.28. The Morgan fingerprint density at radius 3 is 2.73 bits per heavy atom. The van der Waals surface area contributed by atoms with Crippen LogP contribution in [0.2, 0.25) is 0 Å². The molecule has 0 aromatic carbocycles. The van der Waals surface area contributed by atoms with Gasteiger partial charge in [0, 0.05) is 12.7 Å². The molecule has 0 spiro atoms. The van der Waals surface area contributed by atoms with Gasteiger partial charge in [0.2, 0.25) is 0 Å². The first kappa shape index (κ1) is 11.7. The number of aromatic nitrogens is 1. The molecule has 0 unspecified atom stereocenters. The van der Waals surface area contributed by atoms with Gasteiger partial charge in [-0.2, -0.15) is 0 Å². The van der Waals surface area contributed by atoms with Crippen molar-refractivity contribution in [2.45, 2.75) is 32.2 Å². The van der Waals surface area contributed by atoms with Gasteiger partial charge in [0.15, 0.2) is 0 Å². The molecule has 0 bridgehead atoms. The molecule has 2 rings (SSSR count). The first-order valence-corrected chi connectivity index (χ1v) is 5.13. The van der Waals surface area contributed by atoms with Crippen molar-refractivity contribution in [2.75, 3.05) is 0 Å². The van der Waals surface area contributed by atoms with Crippen LogP contribution in [0, 0.1) is 0 Å². The third-order valence-corrected chi connectivity index (χ3v) is 2.10. The number of hydrogen-bond acceptors (Lipinski definition) is 3. The van der Waals surface area contributed by atoms with Crippen LogP contribution in [0.25, 0.3) is 0 Å². The molecule has 0 saturated heterocycles. The summed E-state index contributed by atoms with van der Waals surface area (Å²) in [7, 11) is 0. The summed E-state index contributed by atoms with van der Waals surface area (Å²) >= 11 is 0. The Balaban J connectivity index is 0.000000245. The smallest absolute Gasteiger partial charge is 0.0820 e. The fraction of sp³-hybridized carbons (Fsp3) is 0.417. The SMILES string of the molecule is C=C(C)O.NCc1cc(C2CC2)ccn1. The van der Waals surface area contributed by atoms with Crippen molar-refractivity contribution in [3.05, 3.63) is 41.9 Å². The second kappa shape index (κ2) is 5.51. The molecule has 15 heavy (non-hydrogen) atoms. The van der Waals surface area contributed by atoms with Crippen LogP contribution in [0.5, 0.6) is 0 Å². The lowest BCUT2D eigenvalue weighted by Crippen LogP contribution is -1.99. The second-order valence-electron chi connectivity index (χ2n) is 3.79. The first-order chi connectivity index (χ1) is 7.13. The predicted octanol–water partition coefficient (Wildman–Crippen LogP) is 2.50. The van der Waals surface area contributed by atoms with Gasteiger partial charge in [-0.25, -0.2) is 0 Å². The zero-order valence-corrected chi connectivity index (χ0v) is 9.11. The van der Waals surface area contributed by atoms with Crippen molar-refractivity contribution in [3.8, 4) is 0 Å². The van der Waals surface area contributed by atoms with E-state index in [1.807, 2.05) is 6.20 Å². The molecule has 1 aliphatic rings. The molecule has 3 heteroatoms. The highest BCUT2D eigenvalue weighted by molar-refractivity contribution is 5.24. The van der Waals surface area contributed by atoms with Gasteiger partial charge in [-0.1, -0.05) is 6.58 Å². The minimum atomic E-state index is 0.167. The summed E-state index contributed by atoms with van der Waals surface area (Å²) in [6.07, 6.45) is 4.54. The summed E-state index contributed by atoms with van der Waals surface area (Å²) in [4.78, 5) is 4.14. The molecule has 0 radical (unpaired) electrons. The predicted molar refractivity (Wildman–Crippen MR) is 61.5 cm³/mol. The van der Waals surface area contributed by atoms with Crippen LogP contribution < -0.4 is 5.73 Å². The van der Waals surface area contributed by atoms with Crippen LogP contribution in [0.3, 0.4) is 0 Å². The van der Waals surface area contributed by atoms with E-state index < -0.39 is 0 Å². The molecule has 3 N–H and O–H groups in total. The largest absolute Gasteiger partial charge is 0.513 e. The van der Waals surface area contributed by atoms with E-state index in [1.54, 1.807) is 0 Å². The highest BCUT2D eigenvalue weighted by atomic mass is 16.3. The molecular weight excluding hydrogens is 188 g/mol.